The number of carbonyl (C=O) groups excluding carboxylic acids is 2. The Morgan fingerprint density at radius 2 is 2.04 bits per heavy atom. The van der Waals surface area contributed by atoms with Gasteiger partial charge in [-0.25, -0.2) is 9.59 Å². The van der Waals surface area contributed by atoms with Crippen molar-refractivity contribution in [2.24, 2.45) is 0 Å². The summed E-state index contributed by atoms with van der Waals surface area (Å²) < 4.78 is 15.1. The van der Waals surface area contributed by atoms with Crippen LogP contribution in [0.25, 0.3) is 0 Å². The monoisotopic (exact) mass is 336 g/mol. The lowest BCUT2D eigenvalue weighted by molar-refractivity contribution is -0.140. The minimum atomic E-state index is -0.719. The number of hydrogen-bond donors (Lipinski definition) is 3. The second kappa shape index (κ2) is 7.69. The molecule has 0 radical (unpaired) electrons. The molecule has 8 nitrogen and oxygen atoms in total. The molecule has 3 N–H and O–H groups in total. The molecule has 2 amide bonds. The number of phenols is 1. The van der Waals surface area contributed by atoms with Crippen LogP contribution in [0.1, 0.15) is 18.5 Å². The van der Waals surface area contributed by atoms with Gasteiger partial charge in [-0.3, -0.25) is 0 Å². The van der Waals surface area contributed by atoms with Crippen LogP contribution in [-0.4, -0.2) is 44.5 Å². The molecule has 0 aliphatic carbocycles. The minimum Gasteiger partial charge on any atom is -0.504 e. The number of aromatic hydroxyl groups is 1. The molecule has 0 fully saturated rings. The molecule has 0 saturated heterocycles. The van der Waals surface area contributed by atoms with E-state index in [0.29, 0.717) is 11.3 Å². The first kappa shape index (κ1) is 17.6. The largest absolute Gasteiger partial charge is 0.504 e. The summed E-state index contributed by atoms with van der Waals surface area (Å²) >= 11 is 0. The molecule has 1 heterocycles. The van der Waals surface area contributed by atoms with Gasteiger partial charge in [0.25, 0.3) is 0 Å². The van der Waals surface area contributed by atoms with Gasteiger partial charge < -0.3 is 30.0 Å². The number of benzene rings is 1. The molecule has 1 atom stereocenters. The van der Waals surface area contributed by atoms with Crippen LogP contribution < -0.4 is 15.4 Å². The Kier molecular flexibility index (Phi) is 5.64. The zero-order valence-electron chi connectivity index (χ0n) is 13.7. The van der Waals surface area contributed by atoms with E-state index in [1.165, 1.54) is 20.3 Å². The number of rotatable bonds is 6. The van der Waals surface area contributed by atoms with Crippen LogP contribution in [0, 0.1) is 0 Å². The summed E-state index contributed by atoms with van der Waals surface area (Å²) in [5.74, 6) is -0.356. The van der Waals surface area contributed by atoms with Crippen molar-refractivity contribution in [2.75, 3.05) is 27.4 Å². The third kappa shape index (κ3) is 3.77. The standard InChI is InChI=1S/C16H20N2O6/c1-9-13(15(20)24-7-6-22-2)14(18-16(21)17-9)10-4-5-11(19)12(8-10)23-3/h4-5,8,14,19H,6-7H2,1-3H3,(H2,17,18,21)/t14-/m0/s1. The number of amides is 2. The lowest BCUT2D eigenvalue weighted by atomic mass is 9.95. The zero-order chi connectivity index (χ0) is 17.7. The molecule has 130 valence electrons. The Morgan fingerprint density at radius 1 is 1.29 bits per heavy atom. The van der Waals surface area contributed by atoms with Gasteiger partial charge in [-0.15, -0.1) is 0 Å². The lowest BCUT2D eigenvalue weighted by Crippen LogP contribution is -2.45. The normalized spacial score (nSPS) is 17.1. The fourth-order valence-electron chi connectivity index (χ4n) is 2.38. The highest BCUT2D eigenvalue weighted by Crippen LogP contribution is 2.33. The number of hydrogen-bond acceptors (Lipinski definition) is 6. The Labute approximate surface area is 139 Å². The van der Waals surface area contributed by atoms with Gasteiger partial charge in [-0.05, 0) is 24.6 Å². The quantitative estimate of drug-likeness (QED) is 0.533. The molecule has 1 aliphatic heterocycles. The number of methoxy groups -OCH3 is 2. The predicted octanol–water partition coefficient (Wildman–Crippen LogP) is 1.22. The lowest BCUT2D eigenvalue weighted by Gasteiger charge is -2.28. The number of ether oxygens (including phenoxy) is 3. The summed E-state index contributed by atoms with van der Waals surface area (Å²) in [4.78, 5) is 24.2. The number of phenolic OH excluding ortho intramolecular Hbond substituents is 1. The first-order chi connectivity index (χ1) is 11.5. The zero-order valence-corrected chi connectivity index (χ0v) is 13.7. The van der Waals surface area contributed by atoms with Crippen molar-refractivity contribution in [3.8, 4) is 11.5 Å². The van der Waals surface area contributed by atoms with Gasteiger partial charge in [0, 0.05) is 12.8 Å². The van der Waals surface area contributed by atoms with Crippen LogP contribution in [0.4, 0.5) is 4.79 Å². The summed E-state index contributed by atoms with van der Waals surface area (Å²) in [6, 6.07) is 3.44. The van der Waals surface area contributed by atoms with E-state index in [1.807, 2.05) is 0 Å². The van der Waals surface area contributed by atoms with Crippen molar-refractivity contribution in [3.63, 3.8) is 0 Å². The third-order valence-electron chi connectivity index (χ3n) is 3.55. The average molecular weight is 336 g/mol. The van der Waals surface area contributed by atoms with Crippen LogP contribution in [0.2, 0.25) is 0 Å². The van der Waals surface area contributed by atoms with Crippen molar-refractivity contribution in [1.82, 2.24) is 10.6 Å². The van der Waals surface area contributed by atoms with Crippen LogP contribution >= 0.6 is 0 Å². The highest BCUT2D eigenvalue weighted by Gasteiger charge is 2.32. The summed E-state index contributed by atoms with van der Waals surface area (Å²) in [6.07, 6.45) is 0. The molecule has 0 bridgehead atoms. The predicted molar refractivity (Wildman–Crippen MR) is 84.6 cm³/mol. The van der Waals surface area contributed by atoms with Crippen LogP contribution in [0.15, 0.2) is 29.5 Å². The summed E-state index contributed by atoms with van der Waals surface area (Å²) in [6.45, 7) is 2.00. The molecule has 1 aliphatic rings. The molecule has 2 rings (SSSR count). The first-order valence-electron chi connectivity index (χ1n) is 7.29. The number of urea groups is 1. The Bertz CT molecular complexity index is 671. The van der Waals surface area contributed by atoms with Gasteiger partial charge in [0.15, 0.2) is 11.5 Å². The summed E-state index contributed by atoms with van der Waals surface area (Å²) in [5, 5.41) is 14.9. The maximum absolute atomic E-state index is 12.4. The van der Waals surface area contributed by atoms with E-state index >= 15 is 0 Å². The highest BCUT2D eigenvalue weighted by molar-refractivity contribution is 5.95. The first-order valence-corrected chi connectivity index (χ1v) is 7.29. The minimum absolute atomic E-state index is 0.0357. The van der Waals surface area contributed by atoms with Crippen LogP contribution in [-0.2, 0) is 14.3 Å². The Morgan fingerprint density at radius 3 is 2.71 bits per heavy atom. The second-order valence-corrected chi connectivity index (χ2v) is 5.13. The maximum Gasteiger partial charge on any atom is 0.338 e. The molecule has 24 heavy (non-hydrogen) atoms. The average Bonchev–Trinajstić information content (AvgIpc) is 2.54. The third-order valence-corrected chi connectivity index (χ3v) is 3.55. The molecule has 8 heteroatoms. The van der Waals surface area contributed by atoms with Gasteiger partial charge in [0.1, 0.15) is 6.61 Å². The number of carbonyl (C=O) groups is 2. The van der Waals surface area contributed by atoms with E-state index in [2.05, 4.69) is 10.6 Å². The van der Waals surface area contributed by atoms with E-state index in [4.69, 9.17) is 14.2 Å². The molecule has 0 unspecified atom stereocenters. The van der Waals surface area contributed by atoms with Crippen molar-refractivity contribution in [3.05, 3.63) is 35.0 Å². The summed E-state index contributed by atoms with van der Waals surface area (Å²) in [5.41, 5.74) is 1.26. The molecular formula is C16H20N2O6. The van der Waals surface area contributed by atoms with Gasteiger partial charge in [-0.2, -0.15) is 0 Å². The van der Waals surface area contributed by atoms with Crippen molar-refractivity contribution in [1.29, 1.82) is 0 Å². The maximum atomic E-state index is 12.4. The van der Waals surface area contributed by atoms with Gasteiger partial charge in [-0.1, -0.05) is 6.07 Å². The Hall–Kier alpha value is -2.74. The highest BCUT2D eigenvalue weighted by atomic mass is 16.6. The molecule has 0 aromatic heterocycles. The SMILES string of the molecule is COCCOC(=O)C1=C(C)NC(=O)N[C@H]1c1ccc(O)c(OC)c1. The van der Waals surface area contributed by atoms with E-state index in [0.717, 1.165) is 0 Å². The number of nitrogens with one attached hydrogen (secondary N) is 2. The van der Waals surface area contributed by atoms with E-state index in [-0.39, 0.29) is 30.3 Å². The second-order valence-electron chi connectivity index (χ2n) is 5.13. The van der Waals surface area contributed by atoms with Crippen molar-refractivity contribution >= 4 is 12.0 Å². The Balaban J connectivity index is 2.36. The van der Waals surface area contributed by atoms with Crippen molar-refractivity contribution < 1.29 is 28.9 Å². The van der Waals surface area contributed by atoms with E-state index in [9.17, 15) is 14.7 Å². The number of allylic oxidation sites excluding steroid dienone is 1. The summed E-state index contributed by atoms with van der Waals surface area (Å²) in [7, 11) is 2.92. The smallest absolute Gasteiger partial charge is 0.338 e. The fraction of sp³-hybridized carbons (Fsp3) is 0.375. The fourth-order valence-corrected chi connectivity index (χ4v) is 2.38. The molecular weight excluding hydrogens is 316 g/mol. The molecule has 1 aromatic carbocycles. The van der Waals surface area contributed by atoms with E-state index in [1.54, 1.807) is 19.1 Å². The topological polar surface area (TPSA) is 106 Å². The van der Waals surface area contributed by atoms with Gasteiger partial charge in [0.05, 0.1) is 25.3 Å². The van der Waals surface area contributed by atoms with Gasteiger partial charge >= 0.3 is 12.0 Å². The van der Waals surface area contributed by atoms with Crippen molar-refractivity contribution in [2.45, 2.75) is 13.0 Å². The van der Waals surface area contributed by atoms with E-state index < -0.39 is 18.0 Å². The van der Waals surface area contributed by atoms with Gasteiger partial charge in [0.2, 0.25) is 0 Å². The molecule has 1 aromatic rings. The van der Waals surface area contributed by atoms with Crippen LogP contribution in [0.5, 0.6) is 11.5 Å². The van der Waals surface area contributed by atoms with Crippen LogP contribution in [0.3, 0.4) is 0 Å². The molecule has 0 spiro atoms. The number of esters is 1. The molecule has 0 saturated carbocycles.